The minimum atomic E-state index is -0.740. The van der Waals surface area contributed by atoms with Crippen molar-refractivity contribution < 1.29 is 14.3 Å². The molecule has 2 N–H and O–H groups in total. The maximum atomic E-state index is 12.7. The van der Waals surface area contributed by atoms with E-state index >= 15 is 0 Å². The summed E-state index contributed by atoms with van der Waals surface area (Å²) in [6.07, 6.45) is 2.80. The van der Waals surface area contributed by atoms with Gasteiger partial charge in [0.25, 0.3) is 11.8 Å². The normalized spacial score (nSPS) is 12.1. The van der Waals surface area contributed by atoms with E-state index in [1.54, 1.807) is 42.5 Å². The van der Waals surface area contributed by atoms with Crippen LogP contribution >= 0.6 is 23.2 Å². The number of hydrazone groups is 1. The molecule has 0 saturated heterocycles. The van der Waals surface area contributed by atoms with Gasteiger partial charge in [-0.25, -0.2) is 5.43 Å². The van der Waals surface area contributed by atoms with Gasteiger partial charge in [-0.15, -0.1) is 0 Å². The fourth-order valence-corrected chi connectivity index (χ4v) is 3.06. The lowest BCUT2D eigenvalue weighted by Crippen LogP contribution is -2.46. The molecule has 1 unspecified atom stereocenters. The van der Waals surface area contributed by atoms with Crippen molar-refractivity contribution in [2.75, 3.05) is 6.61 Å². The van der Waals surface area contributed by atoms with Gasteiger partial charge in [0.1, 0.15) is 11.8 Å². The highest BCUT2D eigenvalue weighted by atomic mass is 35.5. The molecule has 0 fully saturated rings. The van der Waals surface area contributed by atoms with Gasteiger partial charge in [0.15, 0.2) is 0 Å². The maximum Gasteiger partial charge on any atom is 0.262 e. The van der Waals surface area contributed by atoms with Gasteiger partial charge in [-0.3, -0.25) is 9.59 Å². The van der Waals surface area contributed by atoms with Crippen molar-refractivity contribution in [3.05, 3.63) is 63.6 Å². The zero-order chi connectivity index (χ0) is 22.8. The van der Waals surface area contributed by atoms with Crippen LogP contribution in [0.3, 0.4) is 0 Å². The second kappa shape index (κ2) is 12.3. The number of ether oxygens (including phenoxy) is 1. The molecule has 0 aliphatic heterocycles. The summed E-state index contributed by atoms with van der Waals surface area (Å²) in [5, 5.41) is 7.87. The minimum absolute atomic E-state index is 0.187. The summed E-state index contributed by atoms with van der Waals surface area (Å²) >= 11 is 11.9. The Bertz CT molecular complexity index is 915. The fraction of sp³-hybridized carbons (Fsp3) is 0.348. The Morgan fingerprint density at radius 1 is 1.10 bits per heavy atom. The van der Waals surface area contributed by atoms with Crippen LogP contribution in [-0.2, 0) is 4.79 Å². The first-order valence-electron chi connectivity index (χ1n) is 10.1. The Hall–Kier alpha value is -2.57. The van der Waals surface area contributed by atoms with Gasteiger partial charge in [-0.05, 0) is 61.2 Å². The van der Waals surface area contributed by atoms with E-state index < -0.39 is 11.9 Å². The lowest BCUT2D eigenvalue weighted by Gasteiger charge is -2.19. The van der Waals surface area contributed by atoms with Gasteiger partial charge in [0.05, 0.1) is 12.8 Å². The molecule has 2 rings (SSSR count). The summed E-state index contributed by atoms with van der Waals surface area (Å²) < 4.78 is 5.68. The Labute approximate surface area is 193 Å². The zero-order valence-electron chi connectivity index (χ0n) is 17.8. The van der Waals surface area contributed by atoms with Crippen molar-refractivity contribution in [1.82, 2.24) is 10.7 Å². The summed E-state index contributed by atoms with van der Waals surface area (Å²) in [5.41, 5.74) is 3.57. The first kappa shape index (κ1) is 24.7. The summed E-state index contributed by atoms with van der Waals surface area (Å²) in [5.74, 6) is 0.0445. The average molecular weight is 464 g/mol. The highest BCUT2D eigenvalue weighted by Crippen LogP contribution is 2.21. The molecule has 0 saturated carbocycles. The first-order chi connectivity index (χ1) is 14.8. The molecule has 6 nitrogen and oxygen atoms in total. The van der Waals surface area contributed by atoms with Crippen molar-refractivity contribution in [2.45, 2.75) is 39.7 Å². The van der Waals surface area contributed by atoms with Crippen LogP contribution in [0.2, 0.25) is 10.0 Å². The fourth-order valence-electron chi connectivity index (χ4n) is 2.75. The number of carbonyl (C=O) groups is 2. The van der Waals surface area contributed by atoms with E-state index in [4.69, 9.17) is 27.9 Å². The van der Waals surface area contributed by atoms with E-state index in [9.17, 15) is 9.59 Å². The Balaban J connectivity index is 2.07. The zero-order valence-corrected chi connectivity index (χ0v) is 19.3. The van der Waals surface area contributed by atoms with Crippen LogP contribution in [-0.4, -0.2) is 30.7 Å². The molecule has 0 bridgehead atoms. The number of carbonyl (C=O) groups excluding carboxylic acids is 2. The van der Waals surface area contributed by atoms with E-state index in [1.165, 1.54) is 6.21 Å². The van der Waals surface area contributed by atoms with Gasteiger partial charge in [0.2, 0.25) is 0 Å². The third-order valence-corrected chi connectivity index (χ3v) is 4.73. The molecule has 31 heavy (non-hydrogen) atoms. The predicted molar refractivity (Wildman–Crippen MR) is 125 cm³/mol. The molecular weight excluding hydrogens is 437 g/mol. The number of halogens is 2. The van der Waals surface area contributed by atoms with Gasteiger partial charge in [-0.2, -0.15) is 5.10 Å². The van der Waals surface area contributed by atoms with Crippen LogP contribution in [0.1, 0.15) is 49.5 Å². The van der Waals surface area contributed by atoms with Gasteiger partial charge in [0, 0.05) is 21.2 Å². The number of hydrogen-bond donors (Lipinski definition) is 2. The number of benzene rings is 2. The lowest BCUT2D eigenvalue weighted by molar-refractivity contribution is -0.123. The second-order valence-corrected chi connectivity index (χ2v) is 8.30. The largest absolute Gasteiger partial charge is 0.493 e. The molecule has 2 amide bonds. The minimum Gasteiger partial charge on any atom is -0.493 e. The highest BCUT2D eigenvalue weighted by Gasteiger charge is 2.22. The van der Waals surface area contributed by atoms with Crippen LogP contribution in [0.5, 0.6) is 5.75 Å². The number of amides is 2. The summed E-state index contributed by atoms with van der Waals surface area (Å²) in [4.78, 5) is 25.2. The molecule has 0 aromatic heterocycles. The predicted octanol–water partition coefficient (Wildman–Crippen LogP) is 5.08. The molecule has 0 radical (unpaired) electrons. The highest BCUT2D eigenvalue weighted by molar-refractivity contribution is 6.31. The molecule has 0 aliphatic rings. The number of rotatable bonds is 10. The van der Waals surface area contributed by atoms with Crippen LogP contribution in [0, 0.1) is 5.92 Å². The molecule has 0 heterocycles. The van der Waals surface area contributed by atoms with Crippen LogP contribution in [0.15, 0.2) is 47.6 Å². The van der Waals surface area contributed by atoms with Crippen LogP contribution in [0.4, 0.5) is 0 Å². The van der Waals surface area contributed by atoms with Gasteiger partial charge in [-0.1, -0.05) is 44.0 Å². The lowest BCUT2D eigenvalue weighted by atomic mass is 10.0. The number of nitrogens with zero attached hydrogens (tertiary/aromatic N) is 1. The van der Waals surface area contributed by atoms with Crippen molar-refractivity contribution in [3.63, 3.8) is 0 Å². The summed E-state index contributed by atoms with van der Waals surface area (Å²) in [6.45, 7) is 6.52. The quantitative estimate of drug-likeness (QED) is 0.380. The molecule has 0 aliphatic carbocycles. The standard InChI is InChI=1S/C23H27Cl2N3O3/c1-4-11-31-21-10-9-19(25)13-17(21)14-26-28-23(30)20(12-15(2)3)27-22(29)16-5-7-18(24)8-6-16/h5-10,13-15,20H,4,11-12H2,1-3H3,(H,27,29)(H,28,30)/b26-14+. The third kappa shape index (κ3) is 8.23. The van der Waals surface area contributed by atoms with Crippen LogP contribution < -0.4 is 15.5 Å². The summed E-state index contributed by atoms with van der Waals surface area (Å²) in [6, 6.07) is 10.9. The van der Waals surface area contributed by atoms with E-state index in [0.29, 0.717) is 39.9 Å². The van der Waals surface area contributed by atoms with Crippen molar-refractivity contribution in [3.8, 4) is 5.75 Å². The third-order valence-electron chi connectivity index (χ3n) is 4.25. The Kier molecular flexibility index (Phi) is 9.82. The SMILES string of the molecule is CCCOc1ccc(Cl)cc1/C=N/NC(=O)C(CC(C)C)NC(=O)c1ccc(Cl)cc1. The Morgan fingerprint density at radius 3 is 2.42 bits per heavy atom. The van der Waals surface area contributed by atoms with E-state index in [2.05, 4.69) is 15.8 Å². The van der Waals surface area contributed by atoms with Crippen molar-refractivity contribution in [2.24, 2.45) is 11.0 Å². The molecule has 2 aromatic rings. The monoisotopic (exact) mass is 463 g/mol. The molecule has 1 atom stereocenters. The first-order valence-corrected chi connectivity index (χ1v) is 10.9. The van der Waals surface area contributed by atoms with Gasteiger partial charge >= 0.3 is 0 Å². The second-order valence-electron chi connectivity index (χ2n) is 7.43. The number of nitrogens with one attached hydrogen (secondary N) is 2. The molecule has 166 valence electrons. The van der Waals surface area contributed by atoms with Crippen LogP contribution in [0.25, 0.3) is 0 Å². The Morgan fingerprint density at radius 2 is 1.77 bits per heavy atom. The molecule has 2 aromatic carbocycles. The average Bonchev–Trinajstić information content (AvgIpc) is 2.72. The summed E-state index contributed by atoms with van der Waals surface area (Å²) in [7, 11) is 0. The van der Waals surface area contributed by atoms with Gasteiger partial charge < -0.3 is 10.1 Å². The molecular formula is C23H27Cl2N3O3. The topological polar surface area (TPSA) is 79.8 Å². The van der Waals surface area contributed by atoms with Crippen molar-refractivity contribution >= 4 is 41.2 Å². The smallest absolute Gasteiger partial charge is 0.262 e. The molecule has 0 spiro atoms. The van der Waals surface area contributed by atoms with E-state index in [-0.39, 0.29) is 11.8 Å². The van der Waals surface area contributed by atoms with E-state index in [1.807, 2.05) is 20.8 Å². The number of hydrogen-bond acceptors (Lipinski definition) is 4. The molecule has 8 heteroatoms. The van der Waals surface area contributed by atoms with E-state index in [0.717, 1.165) is 6.42 Å². The maximum absolute atomic E-state index is 12.7. The van der Waals surface area contributed by atoms with Crippen molar-refractivity contribution in [1.29, 1.82) is 0 Å².